The highest BCUT2D eigenvalue weighted by atomic mass is 16.5. The van der Waals surface area contributed by atoms with Crippen molar-refractivity contribution in [1.82, 2.24) is 0 Å². The Hall–Kier alpha value is -3.35. The molecule has 2 N–H and O–H groups in total. The number of hydrogen-bond acceptors (Lipinski definition) is 5. The Morgan fingerprint density at radius 2 is 1.62 bits per heavy atom. The van der Waals surface area contributed by atoms with E-state index in [1.807, 2.05) is 31.2 Å². The van der Waals surface area contributed by atoms with Crippen molar-refractivity contribution in [1.29, 1.82) is 0 Å². The van der Waals surface area contributed by atoms with Gasteiger partial charge >= 0.3 is 5.97 Å². The van der Waals surface area contributed by atoms with Gasteiger partial charge in [-0.25, -0.2) is 0 Å². The van der Waals surface area contributed by atoms with Gasteiger partial charge in [-0.1, -0.05) is 25.1 Å². The molecule has 0 bridgehead atoms. The van der Waals surface area contributed by atoms with Crippen molar-refractivity contribution in [2.24, 2.45) is 0 Å². The lowest BCUT2D eigenvalue weighted by atomic mass is 10.1. The van der Waals surface area contributed by atoms with Crippen LogP contribution in [0, 0.1) is 0 Å². The largest absolute Gasteiger partial charge is 0.497 e. The molecule has 0 fully saturated rings. The Balaban J connectivity index is 1.64. The highest BCUT2D eigenvalue weighted by Crippen LogP contribution is 2.16. The molecule has 0 unspecified atom stereocenters. The molecular formula is C22H26N2O5. The lowest BCUT2D eigenvalue weighted by molar-refractivity contribution is -0.147. The monoisotopic (exact) mass is 398 g/mol. The molecule has 0 atom stereocenters. The van der Waals surface area contributed by atoms with Crippen molar-refractivity contribution in [2.75, 3.05) is 24.4 Å². The second-order valence-electron chi connectivity index (χ2n) is 6.35. The Kier molecular flexibility index (Phi) is 8.69. The maximum Gasteiger partial charge on any atom is 0.306 e. The van der Waals surface area contributed by atoms with Crippen LogP contribution < -0.4 is 15.4 Å². The fourth-order valence-electron chi connectivity index (χ4n) is 2.65. The average Bonchev–Trinajstić information content (AvgIpc) is 2.73. The highest BCUT2D eigenvalue weighted by molar-refractivity contribution is 5.93. The summed E-state index contributed by atoms with van der Waals surface area (Å²) in [5.41, 5.74) is 2.43. The predicted molar refractivity (Wildman–Crippen MR) is 111 cm³/mol. The van der Waals surface area contributed by atoms with E-state index in [0.29, 0.717) is 17.9 Å². The van der Waals surface area contributed by atoms with Gasteiger partial charge < -0.3 is 20.1 Å². The number of rotatable bonds is 10. The van der Waals surface area contributed by atoms with E-state index in [4.69, 9.17) is 9.47 Å². The van der Waals surface area contributed by atoms with Crippen LogP contribution in [-0.4, -0.2) is 31.5 Å². The molecule has 29 heavy (non-hydrogen) atoms. The van der Waals surface area contributed by atoms with Crippen molar-refractivity contribution in [3.8, 4) is 5.75 Å². The summed E-state index contributed by atoms with van der Waals surface area (Å²) in [6.07, 6.45) is 1.43. The molecular weight excluding hydrogens is 372 g/mol. The van der Waals surface area contributed by atoms with Gasteiger partial charge in [-0.05, 0) is 48.7 Å². The zero-order valence-electron chi connectivity index (χ0n) is 16.7. The third kappa shape index (κ3) is 7.65. The van der Waals surface area contributed by atoms with Crippen molar-refractivity contribution in [3.63, 3.8) is 0 Å². The zero-order valence-corrected chi connectivity index (χ0v) is 16.7. The molecule has 0 aliphatic heterocycles. The van der Waals surface area contributed by atoms with Crippen molar-refractivity contribution < 1.29 is 23.9 Å². The standard InChI is InChI=1S/C22H26N2O5/c1-3-16-7-4-5-8-19(16)24-20(25)9-6-10-22(27)29-15-21(26)23-17-11-13-18(28-2)14-12-17/h4-5,7-8,11-14H,3,6,9-10,15H2,1-2H3,(H,23,26)(H,24,25). The molecule has 2 rings (SSSR count). The molecule has 7 heteroatoms. The maximum atomic E-state index is 12.0. The summed E-state index contributed by atoms with van der Waals surface area (Å²) in [6.45, 7) is 1.65. The molecule has 0 aliphatic carbocycles. The van der Waals surface area contributed by atoms with Gasteiger partial charge in [0.25, 0.3) is 5.91 Å². The van der Waals surface area contributed by atoms with Crippen molar-refractivity contribution >= 4 is 29.2 Å². The first-order valence-corrected chi connectivity index (χ1v) is 9.49. The van der Waals surface area contributed by atoms with Crippen molar-refractivity contribution in [3.05, 3.63) is 54.1 Å². The molecule has 0 saturated heterocycles. The van der Waals surface area contributed by atoms with E-state index in [0.717, 1.165) is 17.7 Å². The Bertz CT molecular complexity index is 833. The minimum Gasteiger partial charge on any atom is -0.497 e. The zero-order chi connectivity index (χ0) is 21.1. The summed E-state index contributed by atoms with van der Waals surface area (Å²) in [5, 5.41) is 5.48. The number of benzene rings is 2. The second kappa shape index (κ2) is 11.5. The van der Waals surface area contributed by atoms with Crippen LogP contribution in [0.25, 0.3) is 0 Å². The van der Waals surface area contributed by atoms with Crippen LogP contribution >= 0.6 is 0 Å². The molecule has 154 valence electrons. The van der Waals surface area contributed by atoms with Crippen LogP contribution in [0.1, 0.15) is 31.7 Å². The molecule has 0 aliphatic rings. The van der Waals surface area contributed by atoms with Crippen LogP contribution in [0.15, 0.2) is 48.5 Å². The number of esters is 1. The first-order chi connectivity index (χ1) is 14.0. The number of anilines is 2. The molecule has 0 radical (unpaired) electrons. The normalized spacial score (nSPS) is 10.1. The summed E-state index contributed by atoms with van der Waals surface area (Å²) in [4.78, 5) is 35.6. The lowest BCUT2D eigenvalue weighted by Gasteiger charge is -2.09. The van der Waals surface area contributed by atoms with E-state index in [1.165, 1.54) is 0 Å². The number of nitrogens with one attached hydrogen (secondary N) is 2. The van der Waals surface area contributed by atoms with E-state index >= 15 is 0 Å². The van der Waals surface area contributed by atoms with Gasteiger partial charge in [-0.2, -0.15) is 0 Å². The molecule has 0 spiro atoms. The quantitative estimate of drug-likeness (QED) is 0.597. The smallest absolute Gasteiger partial charge is 0.306 e. The van der Waals surface area contributed by atoms with Gasteiger partial charge in [-0.15, -0.1) is 0 Å². The topological polar surface area (TPSA) is 93.7 Å². The molecule has 0 aromatic heterocycles. The van der Waals surface area contributed by atoms with E-state index in [2.05, 4.69) is 10.6 Å². The summed E-state index contributed by atoms with van der Waals surface area (Å²) in [6, 6.07) is 14.4. The Morgan fingerprint density at radius 1 is 0.897 bits per heavy atom. The predicted octanol–water partition coefficient (Wildman–Crippen LogP) is 3.55. The fourth-order valence-corrected chi connectivity index (χ4v) is 2.65. The van der Waals surface area contributed by atoms with Crippen molar-refractivity contribution in [2.45, 2.75) is 32.6 Å². The first kappa shape index (κ1) is 21.9. The van der Waals surface area contributed by atoms with Gasteiger partial charge in [0, 0.05) is 24.2 Å². The number of methoxy groups -OCH3 is 1. The van der Waals surface area contributed by atoms with Gasteiger partial charge in [0.2, 0.25) is 5.91 Å². The maximum absolute atomic E-state index is 12.0. The summed E-state index contributed by atoms with van der Waals surface area (Å²) >= 11 is 0. The highest BCUT2D eigenvalue weighted by Gasteiger charge is 2.10. The molecule has 2 amide bonds. The number of aryl methyl sites for hydroxylation is 1. The van der Waals surface area contributed by atoms with Gasteiger partial charge in [-0.3, -0.25) is 14.4 Å². The minimum atomic E-state index is -0.517. The fraction of sp³-hybridized carbons (Fsp3) is 0.318. The number of amides is 2. The van der Waals surface area contributed by atoms with E-state index in [1.54, 1.807) is 31.4 Å². The number of ether oxygens (including phenoxy) is 2. The van der Waals surface area contributed by atoms with Crippen LogP contribution in [-0.2, 0) is 25.5 Å². The Labute approximate surface area is 170 Å². The lowest BCUT2D eigenvalue weighted by Crippen LogP contribution is -2.21. The van der Waals surface area contributed by atoms with Crippen LogP contribution in [0.4, 0.5) is 11.4 Å². The first-order valence-electron chi connectivity index (χ1n) is 9.49. The van der Waals surface area contributed by atoms with E-state index in [9.17, 15) is 14.4 Å². The van der Waals surface area contributed by atoms with Crippen LogP contribution in [0.3, 0.4) is 0 Å². The SMILES string of the molecule is CCc1ccccc1NC(=O)CCCC(=O)OCC(=O)Nc1ccc(OC)cc1. The molecule has 2 aromatic rings. The van der Waals surface area contributed by atoms with Crippen LogP contribution in [0.2, 0.25) is 0 Å². The van der Waals surface area contributed by atoms with Gasteiger partial charge in [0.05, 0.1) is 7.11 Å². The number of carbonyl (C=O) groups is 3. The Morgan fingerprint density at radius 3 is 2.31 bits per heavy atom. The van der Waals surface area contributed by atoms with Gasteiger partial charge in [0.1, 0.15) is 5.75 Å². The van der Waals surface area contributed by atoms with Crippen LogP contribution in [0.5, 0.6) is 5.75 Å². The molecule has 0 heterocycles. The third-order valence-corrected chi connectivity index (χ3v) is 4.20. The van der Waals surface area contributed by atoms with Gasteiger partial charge in [0.15, 0.2) is 6.61 Å². The second-order valence-corrected chi connectivity index (χ2v) is 6.35. The number of carbonyl (C=O) groups excluding carboxylic acids is 3. The minimum absolute atomic E-state index is 0.0681. The summed E-state index contributed by atoms with van der Waals surface area (Å²) < 4.78 is 9.99. The van der Waals surface area contributed by atoms with E-state index in [-0.39, 0.29) is 25.4 Å². The number of para-hydroxylation sites is 1. The molecule has 7 nitrogen and oxygen atoms in total. The third-order valence-electron chi connectivity index (χ3n) is 4.20. The molecule has 2 aromatic carbocycles. The number of hydrogen-bond donors (Lipinski definition) is 2. The molecule has 0 saturated carbocycles. The summed E-state index contributed by atoms with van der Waals surface area (Å²) in [7, 11) is 1.56. The summed E-state index contributed by atoms with van der Waals surface area (Å²) in [5.74, 6) is -0.429. The van der Waals surface area contributed by atoms with E-state index < -0.39 is 11.9 Å². The average molecular weight is 398 g/mol.